The van der Waals surface area contributed by atoms with Gasteiger partial charge in [-0.1, -0.05) is 30.3 Å². The maximum absolute atomic E-state index is 11.6. The summed E-state index contributed by atoms with van der Waals surface area (Å²) in [6.45, 7) is 6.23. The Kier molecular flexibility index (Phi) is 9.33. The number of carbonyl (C=O) groups is 1. The first-order valence-corrected chi connectivity index (χ1v) is 9.57. The van der Waals surface area contributed by atoms with Crippen molar-refractivity contribution in [2.24, 2.45) is 4.99 Å². The molecule has 0 spiro atoms. The molecule has 1 aliphatic heterocycles. The van der Waals surface area contributed by atoms with E-state index in [0.29, 0.717) is 6.54 Å². The van der Waals surface area contributed by atoms with Gasteiger partial charge in [0.1, 0.15) is 5.76 Å². The zero-order chi connectivity index (χ0) is 18.9. The molecule has 1 saturated heterocycles. The van der Waals surface area contributed by atoms with Crippen LogP contribution in [0.3, 0.4) is 0 Å². The summed E-state index contributed by atoms with van der Waals surface area (Å²) in [5, 5.41) is 3.50. The van der Waals surface area contributed by atoms with Crippen molar-refractivity contribution >= 4 is 35.8 Å². The Morgan fingerprint density at radius 3 is 2.39 bits per heavy atom. The van der Waals surface area contributed by atoms with Crippen LogP contribution >= 0.6 is 24.0 Å². The Morgan fingerprint density at radius 1 is 1.04 bits per heavy atom. The first kappa shape index (κ1) is 22.3. The Balaban J connectivity index is 0.00000280. The second-order valence-electron chi connectivity index (χ2n) is 6.69. The summed E-state index contributed by atoms with van der Waals surface area (Å²) in [6.07, 6.45) is 3.43. The molecule has 28 heavy (non-hydrogen) atoms. The van der Waals surface area contributed by atoms with Gasteiger partial charge in [-0.05, 0) is 24.1 Å². The zero-order valence-electron chi connectivity index (χ0n) is 16.3. The normalized spacial score (nSPS) is 14.5. The van der Waals surface area contributed by atoms with Crippen molar-refractivity contribution in [1.29, 1.82) is 0 Å². The smallest absolute Gasteiger partial charge is 0.219 e. The lowest BCUT2D eigenvalue weighted by molar-refractivity contribution is -0.130. The van der Waals surface area contributed by atoms with E-state index in [9.17, 15) is 4.79 Å². The summed E-state index contributed by atoms with van der Waals surface area (Å²) >= 11 is 0. The minimum Gasteiger partial charge on any atom is -0.469 e. The molecule has 1 aliphatic rings. The van der Waals surface area contributed by atoms with E-state index in [1.54, 1.807) is 13.2 Å². The molecular weight excluding hydrogens is 467 g/mol. The van der Waals surface area contributed by atoms with Gasteiger partial charge in [-0.15, -0.1) is 24.0 Å². The third kappa shape index (κ3) is 6.85. The molecule has 0 bridgehead atoms. The van der Waals surface area contributed by atoms with Gasteiger partial charge < -0.3 is 19.5 Å². The summed E-state index contributed by atoms with van der Waals surface area (Å²) in [6, 6.07) is 14.3. The molecule has 152 valence electrons. The van der Waals surface area contributed by atoms with E-state index in [2.05, 4.69) is 34.5 Å². The van der Waals surface area contributed by atoms with Crippen LogP contribution in [0.2, 0.25) is 0 Å². The van der Waals surface area contributed by atoms with Gasteiger partial charge in [-0.25, -0.2) is 0 Å². The van der Waals surface area contributed by atoms with Crippen LogP contribution in [0.4, 0.5) is 0 Å². The molecule has 3 rings (SSSR count). The fourth-order valence-corrected chi connectivity index (χ4v) is 3.19. The van der Waals surface area contributed by atoms with Crippen molar-refractivity contribution in [3.05, 3.63) is 60.1 Å². The number of halogens is 1. The van der Waals surface area contributed by atoms with Gasteiger partial charge in [0, 0.05) is 52.6 Å². The van der Waals surface area contributed by atoms with E-state index in [1.165, 1.54) is 5.56 Å². The molecule has 1 N–H and O–H groups in total. The van der Waals surface area contributed by atoms with Crippen LogP contribution in [0.15, 0.2) is 58.1 Å². The molecule has 1 aromatic heterocycles. The Labute approximate surface area is 184 Å². The van der Waals surface area contributed by atoms with Gasteiger partial charge in [0.2, 0.25) is 5.91 Å². The molecule has 1 amide bonds. The summed E-state index contributed by atoms with van der Waals surface area (Å²) in [4.78, 5) is 20.5. The maximum Gasteiger partial charge on any atom is 0.219 e. The SMILES string of the molecule is CC(=O)N1CCN(C(=NCCc2ccco2)NCCc2ccccc2)CC1.I. The summed E-state index contributed by atoms with van der Waals surface area (Å²) < 4.78 is 5.39. The van der Waals surface area contributed by atoms with Crippen LogP contribution in [0.25, 0.3) is 0 Å². The van der Waals surface area contributed by atoms with E-state index < -0.39 is 0 Å². The highest BCUT2D eigenvalue weighted by atomic mass is 127. The van der Waals surface area contributed by atoms with Crippen LogP contribution < -0.4 is 5.32 Å². The molecule has 1 fully saturated rings. The van der Waals surface area contributed by atoms with Crippen LogP contribution in [0, 0.1) is 0 Å². The highest BCUT2D eigenvalue weighted by Crippen LogP contribution is 2.05. The second kappa shape index (κ2) is 11.7. The molecular formula is C21H29IN4O2. The molecule has 0 atom stereocenters. The first-order valence-electron chi connectivity index (χ1n) is 9.57. The number of hydrogen-bond donors (Lipinski definition) is 1. The van der Waals surface area contributed by atoms with Crippen LogP contribution in [-0.4, -0.2) is 60.9 Å². The van der Waals surface area contributed by atoms with Crippen LogP contribution in [-0.2, 0) is 17.6 Å². The number of amides is 1. The molecule has 0 aliphatic carbocycles. The Hall–Kier alpha value is -2.03. The van der Waals surface area contributed by atoms with Crippen LogP contribution in [0.1, 0.15) is 18.2 Å². The summed E-state index contributed by atoms with van der Waals surface area (Å²) in [5.74, 6) is 2.01. The number of carbonyl (C=O) groups excluding carboxylic acids is 1. The second-order valence-corrected chi connectivity index (χ2v) is 6.69. The fourth-order valence-electron chi connectivity index (χ4n) is 3.19. The average Bonchev–Trinajstić information content (AvgIpc) is 3.21. The van der Waals surface area contributed by atoms with Gasteiger partial charge in [-0.2, -0.15) is 0 Å². The van der Waals surface area contributed by atoms with Crippen molar-refractivity contribution < 1.29 is 9.21 Å². The van der Waals surface area contributed by atoms with Crippen molar-refractivity contribution in [3.63, 3.8) is 0 Å². The molecule has 7 heteroatoms. The van der Waals surface area contributed by atoms with Gasteiger partial charge >= 0.3 is 0 Å². The monoisotopic (exact) mass is 496 g/mol. The molecule has 2 aromatic rings. The summed E-state index contributed by atoms with van der Waals surface area (Å²) in [7, 11) is 0. The van der Waals surface area contributed by atoms with E-state index >= 15 is 0 Å². The minimum absolute atomic E-state index is 0. The number of hydrogen-bond acceptors (Lipinski definition) is 3. The largest absolute Gasteiger partial charge is 0.469 e. The summed E-state index contributed by atoms with van der Waals surface area (Å²) in [5.41, 5.74) is 1.31. The molecule has 0 saturated carbocycles. The number of nitrogens with zero attached hydrogens (tertiary/aromatic N) is 3. The number of guanidine groups is 1. The highest BCUT2D eigenvalue weighted by Gasteiger charge is 2.21. The maximum atomic E-state index is 11.6. The van der Waals surface area contributed by atoms with E-state index in [1.807, 2.05) is 23.1 Å². The predicted molar refractivity (Wildman–Crippen MR) is 122 cm³/mol. The minimum atomic E-state index is 0. The molecule has 2 heterocycles. The van der Waals surface area contributed by atoms with Gasteiger partial charge in [0.15, 0.2) is 5.96 Å². The number of benzene rings is 1. The third-order valence-corrected chi connectivity index (χ3v) is 4.76. The average molecular weight is 496 g/mol. The van der Waals surface area contributed by atoms with Crippen molar-refractivity contribution in [3.8, 4) is 0 Å². The zero-order valence-corrected chi connectivity index (χ0v) is 18.7. The van der Waals surface area contributed by atoms with Gasteiger partial charge in [-0.3, -0.25) is 9.79 Å². The van der Waals surface area contributed by atoms with Gasteiger partial charge in [0.25, 0.3) is 0 Å². The standard InChI is InChI=1S/C21H28N4O2.HI/c1-18(26)24-13-15-25(16-14-24)21(23-12-10-20-8-5-17-27-20)22-11-9-19-6-3-2-4-7-19;/h2-8,17H,9-16H2,1H3,(H,22,23);1H. The Morgan fingerprint density at radius 2 is 1.75 bits per heavy atom. The number of aliphatic imine (C=N–C) groups is 1. The lowest BCUT2D eigenvalue weighted by Crippen LogP contribution is -2.53. The predicted octanol–water partition coefficient (Wildman–Crippen LogP) is 2.79. The topological polar surface area (TPSA) is 61.1 Å². The number of rotatable bonds is 6. The van der Waals surface area contributed by atoms with E-state index in [-0.39, 0.29) is 29.9 Å². The number of nitrogens with one attached hydrogen (secondary N) is 1. The lowest BCUT2D eigenvalue weighted by Gasteiger charge is -2.36. The number of piperazine rings is 1. The highest BCUT2D eigenvalue weighted by molar-refractivity contribution is 14.0. The Bertz CT molecular complexity index is 726. The van der Waals surface area contributed by atoms with E-state index in [4.69, 9.17) is 9.41 Å². The first-order chi connectivity index (χ1) is 13.2. The third-order valence-electron chi connectivity index (χ3n) is 4.76. The molecule has 1 aromatic carbocycles. The number of furan rings is 1. The quantitative estimate of drug-likeness (QED) is 0.380. The molecule has 6 nitrogen and oxygen atoms in total. The van der Waals surface area contributed by atoms with Crippen molar-refractivity contribution in [1.82, 2.24) is 15.1 Å². The van der Waals surface area contributed by atoms with Gasteiger partial charge in [0.05, 0.1) is 6.26 Å². The fraction of sp³-hybridized carbons (Fsp3) is 0.429. The van der Waals surface area contributed by atoms with Crippen LogP contribution in [0.5, 0.6) is 0 Å². The lowest BCUT2D eigenvalue weighted by atomic mass is 10.1. The molecule has 0 unspecified atom stereocenters. The van der Waals surface area contributed by atoms with Crippen molar-refractivity contribution in [2.75, 3.05) is 39.3 Å². The van der Waals surface area contributed by atoms with Crippen molar-refractivity contribution in [2.45, 2.75) is 19.8 Å². The molecule has 0 radical (unpaired) electrons. The van der Waals surface area contributed by atoms with E-state index in [0.717, 1.165) is 57.3 Å².